The van der Waals surface area contributed by atoms with Crippen molar-refractivity contribution in [3.63, 3.8) is 0 Å². The molecule has 5 nitrogen and oxygen atoms in total. The van der Waals surface area contributed by atoms with Gasteiger partial charge in [0.05, 0.1) is 6.61 Å². The highest BCUT2D eigenvalue weighted by molar-refractivity contribution is 8.68. The highest BCUT2D eigenvalue weighted by Crippen LogP contribution is 2.52. The molecule has 1 atom stereocenters. The standard InChI is InChI=1S/C5H13N2O3PS2/c1-2-10-11(6,12)13-5-3-4-7(8)9/h2-5H2,1H3,(H2,6,12). The molecule has 0 aliphatic heterocycles. The van der Waals surface area contributed by atoms with E-state index in [-0.39, 0.29) is 11.5 Å². The molecule has 1 unspecified atom stereocenters. The van der Waals surface area contributed by atoms with Crippen LogP contribution in [0.4, 0.5) is 0 Å². The van der Waals surface area contributed by atoms with Gasteiger partial charge in [-0.3, -0.25) is 15.6 Å². The molecule has 0 amide bonds. The van der Waals surface area contributed by atoms with Gasteiger partial charge in [-0.25, -0.2) is 0 Å². The van der Waals surface area contributed by atoms with Gasteiger partial charge in [0, 0.05) is 17.1 Å². The van der Waals surface area contributed by atoms with Gasteiger partial charge in [-0.05, 0) is 18.7 Å². The highest BCUT2D eigenvalue weighted by Gasteiger charge is 2.11. The van der Waals surface area contributed by atoms with Crippen molar-refractivity contribution in [3.8, 4) is 0 Å². The lowest BCUT2D eigenvalue weighted by Crippen LogP contribution is -2.02. The summed E-state index contributed by atoms with van der Waals surface area (Å²) in [6, 6.07) is 0. The van der Waals surface area contributed by atoms with Crippen LogP contribution in [0.25, 0.3) is 0 Å². The Hall–Kier alpha value is 0.320. The van der Waals surface area contributed by atoms with Crippen LogP contribution in [-0.4, -0.2) is 23.8 Å². The Bertz CT molecular complexity index is 214. The van der Waals surface area contributed by atoms with Crippen molar-refractivity contribution >= 4 is 28.8 Å². The Morgan fingerprint density at radius 2 is 2.38 bits per heavy atom. The molecule has 0 bridgehead atoms. The minimum absolute atomic E-state index is 0.0333. The molecule has 0 radical (unpaired) electrons. The summed E-state index contributed by atoms with van der Waals surface area (Å²) in [5, 5.41) is 9.97. The molecule has 2 N–H and O–H groups in total. The van der Waals surface area contributed by atoms with Crippen molar-refractivity contribution < 1.29 is 9.45 Å². The molecule has 0 spiro atoms. The van der Waals surface area contributed by atoms with Gasteiger partial charge in [-0.1, -0.05) is 11.4 Å². The van der Waals surface area contributed by atoms with Gasteiger partial charge in [-0.15, -0.1) is 0 Å². The fourth-order valence-corrected chi connectivity index (χ4v) is 4.23. The maximum absolute atomic E-state index is 9.97. The first-order chi connectivity index (χ1) is 5.98. The first-order valence-corrected chi connectivity index (χ1v) is 8.15. The Labute approximate surface area is 86.4 Å². The highest BCUT2D eigenvalue weighted by atomic mass is 32.9. The van der Waals surface area contributed by atoms with Crippen LogP contribution in [0.15, 0.2) is 0 Å². The van der Waals surface area contributed by atoms with Gasteiger partial charge in [0.25, 0.3) is 0 Å². The molecule has 0 fully saturated rings. The maximum Gasteiger partial charge on any atom is 0.204 e. The van der Waals surface area contributed by atoms with Crippen LogP contribution in [-0.2, 0) is 16.3 Å². The molecule has 78 valence electrons. The molecule has 0 rings (SSSR count). The zero-order valence-corrected chi connectivity index (χ0v) is 9.87. The molecule has 13 heavy (non-hydrogen) atoms. The smallest absolute Gasteiger partial charge is 0.204 e. The van der Waals surface area contributed by atoms with Gasteiger partial charge in [0.15, 0.2) is 5.62 Å². The van der Waals surface area contributed by atoms with E-state index in [1.54, 1.807) is 0 Å². The minimum atomic E-state index is -2.23. The van der Waals surface area contributed by atoms with E-state index in [2.05, 4.69) is 0 Å². The van der Waals surface area contributed by atoms with E-state index < -0.39 is 5.62 Å². The summed E-state index contributed by atoms with van der Waals surface area (Å²) in [6.07, 6.45) is 0.486. The lowest BCUT2D eigenvalue weighted by atomic mass is 10.5. The van der Waals surface area contributed by atoms with Crippen LogP contribution >= 0.6 is 17.0 Å². The predicted molar refractivity (Wildman–Crippen MR) is 59.0 cm³/mol. The van der Waals surface area contributed by atoms with Gasteiger partial charge in [0.2, 0.25) is 6.54 Å². The van der Waals surface area contributed by atoms with E-state index in [9.17, 15) is 10.1 Å². The maximum atomic E-state index is 9.97. The van der Waals surface area contributed by atoms with Gasteiger partial charge in [0.1, 0.15) is 0 Å². The average molecular weight is 244 g/mol. The number of hydrogen-bond donors (Lipinski definition) is 1. The molecule has 0 aliphatic rings. The predicted octanol–water partition coefficient (Wildman–Crippen LogP) is 1.61. The largest absolute Gasteiger partial charge is 0.331 e. The van der Waals surface area contributed by atoms with E-state index in [1.165, 1.54) is 11.4 Å². The molecule has 0 aromatic carbocycles. The van der Waals surface area contributed by atoms with Crippen LogP contribution in [0, 0.1) is 10.1 Å². The van der Waals surface area contributed by atoms with Crippen LogP contribution in [0.3, 0.4) is 0 Å². The summed E-state index contributed by atoms with van der Waals surface area (Å²) in [4.78, 5) is 9.62. The van der Waals surface area contributed by atoms with Crippen molar-refractivity contribution in [2.24, 2.45) is 5.50 Å². The fourth-order valence-electron chi connectivity index (χ4n) is 0.603. The molecular formula is C5H13N2O3PS2. The number of hydrogen-bond acceptors (Lipinski definition) is 5. The van der Waals surface area contributed by atoms with E-state index in [4.69, 9.17) is 21.8 Å². The first kappa shape index (κ1) is 13.3. The third kappa shape index (κ3) is 8.64. The van der Waals surface area contributed by atoms with Crippen molar-refractivity contribution in [2.45, 2.75) is 13.3 Å². The lowest BCUT2D eigenvalue weighted by Gasteiger charge is -2.13. The quantitative estimate of drug-likeness (QED) is 0.317. The average Bonchev–Trinajstić information content (AvgIpc) is 1.98. The summed E-state index contributed by atoms with van der Waals surface area (Å²) in [5.74, 6) is 0.592. The molecule has 0 aromatic rings. The van der Waals surface area contributed by atoms with Crippen LogP contribution in [0.1, 0.15) is 13.3 Å². The topological polar surface area (TPSA) is 78.4 Å². The number of nitrogens with zero attached hydrogens (tertiary/aromatic N) is 1. The second-order valence-electron chi connectivity index (χ2n) is 2.20. The molecule has 8 heteroatoms. The Balaban J connectivity index is 3.52. The van der Waals surface area contributed by atoms with Gasteiger partial charge < -0.3 is 4.52 Å². The number of nitro groups is 1. The second-order valence-corrected chi connectivity index (χ2v) is 8.93. The normalized spacial score (nSPS) is 15.2. The van der Waals surface area contributed by atoms with Gasteiger partial charge in [-0.2, -0.15) is 0 Å². The molecule has 0 aliphatic carbocycles. The number of nitrogens with two attached hydrogens (primary N) is 1. The summed E-state index contributed by atoms with van der Waals surface area (Å²) in [5.41, 5.74) is 3.42. The van der Waals surface area contributed by atoms with Crippen molar-refractivity contribution in [1.29, 1.82) is 0 Å². The van der Waals surface area contributed by atoms with E-state index in [0.29, 0.717) is 18.8 Å². The Kier molecular flexibility index (Phi) is 6.89. The van der Waals surface area contributed by atoms with E-state index in [0.717, 1.165) is 0 Å². The molecular weight excluding hydrogens is 231 g/mol. The number of rotatable bonds is 7. The summed E-state index contributed by atoms with van der Waals surface area (Å²) >= 11 is 6.30. The molecule has 0 aromatic heterocycles. The summed E-state index contributed by atoms with van der Waals surface area (Å²) < 4.78 is 5.13. The van der Waals surface area contributed by atoms with E-state index in [1.807, 2.05) is 6.92 Å². The van der Waals surface area contributed by atoms with Crippen LogP contribution < -0.4 is 5.50 Å². The van der Waals surface area contributed by atoms with Crippen LogP contribution in [0.5, 0.6) is 0 Å². The minimum Gasteiger partial charge on any atom is -0.331 e. The third-order valence-corrected chi connectivity index (χ3v) is 5.72. The third-order valence-electron chi connectivity index (χ3n) is 1.07. The van der Waals surface area contributed by atoms with Gasteiger partial charge >= 0.3 is 0 Å². The van der Waals surface area contributed by atoms with Crippen molar-refractivity contribution in [1.82, 2.24) is 0 Å². The molecule has 0 saturated heterocycles. The zero-order valence-electron chi connectivity index (χ0n) is 7.34. The lowest BCUT2D eigenvalue weighted by molar-refractivity contribution is -0.479. The molecule has 0 saturated carbocycles. The summed E-state index contributed by atoms with van der Waals surface area (Å²) in [6.45, 7) is 2.29. The SMILES string of the molecule is CCOP(N)(=S)SCCC[N+](=O)[O-]. The zero-order chi connectivity index (χ0) is 10.3. The summed E-state index contributed by atoms with van der Waals surface area (Å²) in [7, 11) is 0. The Morgan fingerprint density at radius 3 is 2.85 bits per heavy atom. The first-order valence-electron chi connectivity index (χ1n) is 3.77. The second kappa shape index (κ2) is 6.73. The van der Waals surface area contributed by atoms with Crippen LogP contribution in [0.2, 0.25) is 0 Å². The monoisotopic (exact) mass is 244 g/mol. The fraction of sp³-hybridized carbons (Fsp3) is 1.00. The molecule has 0 heterocycles. The van der Waals surface area contributed by atoms with Crippen molar-refractivity contribution in [2.75, 3.05) is 18.9 Å². The van der Waals surface area contributed by atoms with E-state index >= 15 is 0 Å². The van der Waals surface area contributed by atoms with Crippen molar-refractivity contribution in [3.05, 3.63) is 10.1 Å². The Morgan fingerprint density at radius 1 is 1.77 bits per heavy atom.